The molecule has 2 nitrogen and oxygen atoms in total. The highest BCUT2D eigenvalue weighted by Crippen LogP contribution is 2.51. The summed E-state index contributed by atoms with van der Waals surface area (Å²) in [5.74, 6) is 0. The van der Waals surface area contributed by atoms with E-state index in [0.717, 1.165) is 12.2 Å². The lowest BCUT2D eigenvalue weighted by molar-refractivity contribution is 0.994. The third-order valence-electron chi connectivity index (χ3n) is 9.90. The van der Waals surface area contributed by atoms with E-state index >= 15 is 0 Å². The number of dihydropyridines is 1. The monoisotopic (exact) mass is 688 g/mol. The number of allylic oxidation sites excluding steroid dienone is 2. The van der Waals surface area contributed by atoms with Crippen molar-refractivity contribution in [2.45, 2.75) is 19.6 Å². The van der Waals surface area contributed by atoms with Gasteiger partial charge < -0.3 is 9.88 Å². The number of benzene rings is 7. The van der Waals surface area contributed by atoms with Crippen LogP contribution in [0, 0.1) is 0 Å². The summed E-state index contributed by atoms with van der Waals surface area (Å²) in [4.78, 5) is 5.01. The van der Waals surface area contributed by atoms with Crippen molar-refractivity contribution in [2.75, 3.05) is 6.54 Å². The SMILES string of the molecule is C1=CCNC(c2ccc3c(c2)Sc2cccc(-c4ccc5c(c4)c4ccccc4n5-c4ccccc4)c2-c2ccccc2Sc2ccccc2-3)=C1. The first-order valence-electron chi connectivity index (χ1n) is 17.3. The van der Waals surface area contributed by atoms with Gasteiger partial charge in [0.1, 0.15) is 0 Å². The Labute approximate surface area is 306 Å². The van der Waals surface area contributed by atoms with E-state index in [4.69, 9.17) is 0 Å². The second-order valence-electron chi connectivity index (χ2n) is 12.9. The Balaban J connectivity index is 1.21. The summed E-state index contributed by atoms with van der Waals surface area (Å²) in [5, 5.41) is 6.09. The summed E-state index contributed by atoms with van der Waals surface area (Å²) in [6.07, 6.45) is 6.47. The van der Waals surface area contributed by atoms with Crippen molar-refractivity contribution in [3.63, 3.8) is 0 Å². The average Bonchev–Trinajstić information content (AvgIpc) is 3.53. The summed E-state index contributed by atoms with van der Waals surface area (Å²) >= 11 is 3.74. The van der Waals surface area contributed by atoms with Crippen LogP contribution in [0.5, 0.6) is 0 Å². The molecule has 7 aromatic carbocycles. The quantitative estimate of drug-likeness (QED) is 0.199. The Morgan fingerprint density at radius 1 is 0.471 bits per heavy atom. The lowest BCUT2D eigenvalue weighted by atomic mass is 9.93. The van der Waals surface area contributed by atoms with Gasteiger partial charge in [-0.1, -0.05) is 139 Å². The lowest BCUT2D eigenvalue weighted by Gasteiger charge is -2.23. The van der Waals surface area contributed by atoms with E-state index in [1.54, 1.807) is 0 Å². The van der Waals surface area contributed by atoms with Gasteiger partial charge in [-0.3, -0.25) is 0 Å². The number of rotatable bonds is 3. The van der Waals surface area contributed by atoms with E-state index in [-0.39, 0.29) is 0 Å². The van der Waals surface area contributed by atoms with E-state index in [1.807, 2.05) is 23.5 Å². The molecule has 2 aliphatic heterocycles. The van der Waals surface area contributed by atoms with Gasteiger partial charge in [-0.05, 0) is 94.1 Å². The molecule has 8 aromatic rings. The van der Waals surface area contributed by atoms with Crippen LogP contribution in [-0.4, -0.2) is 11.1 Å². The molecule has 0 amide bonds. The second-order valence-corrected chi connectivity index (χ2v) is 15.1. The smallest absolute Gasteiger partial charge is 0.0541 e. The highest BCUT2D eigenvalue weighted by atomic mass is 32.2. The highest BCUT2D eigenvalue weighted by Gasteiger charge is 2.23. The fourth-order valence-electron chi connectivity index (χ4n) is 7.56. The van der Waals surface area contributed by atoms with Crippen molar-refractivity contribution >= 4 is 51.0 Å². The first-order chi connectivity index (χ1) is 25.3. The molecule has 10 rings (SSSR count). The Morgan fingerprint density at radius 3 is 2.00 bits per heavy atom. The van der Waals surface area contributed by atoms with Gasteiger partial charge in [-0.15, -0.1) is 0 Å². The summed E-state index contributed by atoms with van der Waals surface area (Å²) < 4.78 is 2.39. The summed E-state index contributed by atoms with van der Waals surface area (Å²) in [6, 6.07) is 58.0. The van der Waals surface area contributed by atoms with Crippen LogP contribution in [-0.2, 0) is 0 Å². The maximum absolute atomic E-state index is 3.57. The number of para-hydroxylation sites is 2. The molecule has 242 valence electrons. The number of fused-ring (bicyclic) bond motifs is 9. The predicted molar refractivity (Wildman–Crippen MR) is 217 cm³/mol. The number of aromatic nitrogens is 1. The second kappa shape index (κ2) is 12.6. The van der Waals surface area contributed by atoms with Crippen LogP contribution in [0.2, 0.25) is 0 Å². The van der Waals surface area contributed by atoms with Gasteiger partial charge in [0.15, 0.2) is 0 Å². The van der Waals surface area contributed by atoms with Crippen molar-refractivity contribution in [3.8, 4) is 39.1 Å². The predicted octanol–water partition coefficient (Wildman–Crippen LogP) is 12.9. The largest absolute Gasteiger partial charge is 0.381 e. The molecule has 0 bridgehead atoms. The van der Waals surface area contributed by atoms with Crippen LogP contribution in [0.3, 0.4) is 0 Å². The zero-order valence-electron chi connectivity index (χ0n) is 27.7. The van der Waals surface area contributed by atoms with E-state index in [0.29, 0.717) is 0 Å². The standard InChI is InChI=1S/C47H32N2S2/c1-2-13-33(14-3-1)49-41-20-7-4-15-35(41)39-29-31(25-27-42(39)49)34-18-12-23-45-47(34)38-17-6-9-22-44(38)50-43-21-8-5-16-36(43)37-26-24-32(30-46(37)51-45)40-19-10-11-28-48-40/h1-27,29-30,48H,28H2. The molecule has 0 unspecified atom stereocenters. The average molecular weight is 689 g/mol. The highest BCUT2D eigenvalue weighted by molar-refractivity contribution is 8.00. The molecule has 0 saturated carbocycles. The Kier molecular flexibility index (Phi) is 7.44. The lowest BCUT2D eigenvalue weighted by Crippen LogP contribution is -2.14. The number of hydrogen-bond acceptors (Lipinski definition) is 3. The van der Waals surface area contributed by atoms with Gasteiger partial charge in [0, 0.05) is 53.8 Å². The summed E-state index contributed by atoms with van der Waals surface area (Å²) in [7, 11) is 0. The van der Waals surface area contributed by atoms with E-state index < -0.39 is 0 Å². The fourth-order valence-corrected chi connectivity index (χ4v) is 9.84. The molecule has 4 heteroatoms. The van der Waals surface area contributed by atoms with Gasteiger partial charge in [-0.2, -0.15) is 0 Å². The molecule has 0 fully saturated rings. The Morgan fingerprint density at radius 2 is 1.14 bits per heavy atom. The normalized spacial score (nSPS) is 13.5. The third kappa shape index (κ3) is 5.22. The van der Waals surface area contributed by atoms with Crippen LogP contribution in [0.4, 0.5) is 0 Å². The van der Waals surface area contributed by atoms with Crippen molar-refractivity contribution in [3.05, 3.63) is 182 Å². The minimum Gasteiger partial charge on any atom is -0.381 e. The van der Waals surface area contributed by atoms with Gasteiger partial charge in [-0.25, -0.2) is 0 Å². The molecule has 0 atom stereocenters. The van der Waals surface area contributed by atoms with Crippen LogP contribution < -0.4 is 5.32 Å². The Hall–Kier alpha value is -5.68. The van der Waals surface area contributed by atoms with Crippen LogP contribution in [0.1, 0.15) is 5.56 Å². The van der Waals surface area contributed by atoms with E-state index in [1.165, 1.54) is 86.0 Å². The van der Waals surface area contributed by atoms with Gasteiger partial charge >= 0.3 is 0 Å². The molecular weight excluding hydrogens is 657 g/mol. The maximum Gasteiger partial charge on any atom is 0.0541 e. The number of hydrogen-bond donors (Lipinski definition) is 1. The molecule has 3 heterocycles. The number of nitrogens with zero attached hydrogens (tertiary/aromatic N) is 1. The number of nitrogens with one attached hydrogen (secondary N) is 1. The van der Waals surface area contributed by atoms with E-state index in [2.05, 4.69) is 186 Å². The molecule has 0 aliphatic carbocycles. The molecule has 1 aromatic heterocycles. The van der Waals surface area contributed by atoms with Crippen LogP contribution in [0.25, 0.3) is 66.6 Å². The molecule has 0 radical (unpaired) electrons. The molecule has 1 N–H and O–H groups in total. The summed E-state index contributed by atoms with van der Waals surface area (Å²) in [6.45, 7) is 0.840. The fraction of sp³-hybridized carbons (Fsp3) is 0.0213. The molecule has 2 aliphatic rings. The molecular formula is C47H32N2S2. The van der Waals surface area contributed by atoms with Crippen LogP contribution >= 0.6 is 23.5 Å². The summed E-state index contributed by atoms with van der Waals surface area (Å²) in [5.41, 5.74) is 13.4. The van der Waals surface area contributed by atoms with Gasteiger partial charge in [0.05, 0.1) is 11.0 Å². The van der Waals surface area contributed by atoms with E-state index in [9.17, 15) is 0 Å². The molecule has 0 saturated heterocycles. The van der Waals surface area contributed by atoms with Crippen molar-refractivity contribution in [1.29, 1.82) is 0 Å². The van der Waals surface area contributed by atoms with Crippen molar-refractivity contribution < 1.29 is 0 Å². The first-order valence-corrected chi connectivity index (χ1v) is 19.0. The molecule has 51 heavy (non-hydrogen) atoms. The van der Waals surface area contributed by atoms with Crippen molar-refractivity contribution in [1.82, 2.24) is 9.88 Å². The van der Waals surface area contributed by atoms with Crippen molar-refractivity contribution in [2.24, 2.45) is 0 Å². The topological polar surface area (TPSA) is 17.0 Å². The van der Waals surface area contributed by atoms with Crippen LogP contribution in [0.15, 0.2) is 196 Å². The van der Waals surface area contributed by atoms with Gasteiger partial charge in [0.2, 0.25) is 0 Å². The first kappa shape index (κ1) is 30.2. The Bertz CT molecular complexity index is 2700. The zero-order chi connectivity index (χ0) is 33.7. The maximum atomic E-state index is 3.57. The third-order valence-corrected chi connectivity index (χ3v) is 12.2. The minimum atomic E-state index is 0.840. The minimum absolute atomic E-state index is 0.840. The zero-order valence-corrected chi connectivity index (χ0v) is 29.3. The van der Waals surface area contributed by atoms with Gasteiger partial charge in [0.25, 0.3) is 0 Å². The molecule has 0 spiro atoms.